The summed E-state index contributed by atoms with van der Waals surface area (Å²) in [6.07, 6.45) is 4.57. The van der Waals surface area contributed by atoms with E-state index >= 15 is 0 Å². The average Bonchev–Trinajstić information content (AvgIpc) is 1.90. The molecule has 1 rings (SSSR count). The van der Waals surface area contributed by atoms with Gasteiger partial charge in [-0.1, -0.05) is 0 Å². The van der Waals surface area contributed by atoms with Gasteiger partial charge in [0.05, 0.1) is 0 Å². The van der Waals surface area contributed by atoms with Gasteiger partial charge in [0, 0.05) is 0 Å². The molecule has 1 fully saturated rings. The Balaban J connectivity index is 2.18. The second kappa shape index (κ2) is 3.79. The molecule has 1 heterocycles. The van der Waals surface area contributed by atoms with Crippen molar-refractivity contribution >= 4 is 19.8 Å². The number of rotatable bonds is 1. The first-order valence-electron chi connectivity index (χ1n) is 3.84. The van der Waals surface area contributed by atoms with Crippen molar-refractivity contribution in [1.82, 2.24) is 0 Å². The monoisotopic (exact) mass is 240 g/mol. The fourth-order valence-electron chi connectivity index (χ4n) is 1.33. The third-order valence-electron chi connectivity index (χ3n) is 2.26. The fraction of sp³-hybridized carbons (Fsp3) is 1.00. The molecular weight excluding hydrogens is 223 g/mol. The predicted molar refractivity (Wildman–Crippen MR) is 52.7 cm³/mol. The maximum absolute atomic E-state index is 2.54. The molecule has 0 bridgehead atoms. The van der Waals surface area contributed by atoms with Gasteiger partial charge in [0.25, 0.3) is 0 Å². The topological polar surface area (TPSA) is 0 Å². The molecule has 56 valence electrons. The van der Waals surface area contributed by atoms with Crippen molar-refractivity contribution in [2.75, 3.05) is 13.8 Å². The molecule has 0 aromatic heterocycles. The third kappa shape index (κ3) is 2.44. The molecule has 0 aromatic carbocycles. The van der Waals surface area contributed by atoms with Crippen LogP contribution in [0.3, 0.4) is 0 Å². The number of hydrogen-bond acceptors (Lipinski definition) is 0. The van der Waals surface area contributed by atoms with Crippen LogP contribution in [0.25, 0.3) is 0 Å². The number of hydrogen-bond donors (Lipinski definition) is 0. The van der Waals surface area contributed by atoms with Crippen LogP contribution in [0.1, 0.15) is 26.2 Å². The molecule has 0 atom stereocenters. The van der Waals surface area contributed by atoms with Crippen LogP contribution in [0.15, 0.2) is 0 Å². The zero-order valence-electron chi connectivity index (χ0n) is 6.49. The Bertz CT molecular complexity index is 72.6. The minimum absolute atomic E-state index is 0.296. The normalized spacial score (nSPS) is 26.7. The van der Waals surface area contributed by atoms with Gasteiger partial charge in [0.1, 0.15) is 0 Å². The molecule has 9 heavy (non-hydrogen) atoms. The third-order valence-corrected chi connectivity index (χ3v) is 7.19. The first-order valence-corrected chi connectivity index (χ1v) is 9.05. The van der Waals surface area contributed by atoms with Crippen molar-refractivity contribution in [3.63, 3.8) is 0 Å². The van der Waals surface area contributed by atoms with E-state index in [-0.39, 0.29) is 19.8 Å². The van der Waals surface area contributed by atoms with Gasteiger partial charge in [-0.15, -0.1) is 0 Å². The standard InChI is InChI=1S/C8H17I/c1-3-8-4-6-9(2)7-5-8/h8H,3-7H2,1-2H3. The fourth-order valence-corrected chi connectivity index (χ4v) is 5.76. The molecular formula is C8H17I. The summed E-state index contributed by atoms with van der Waals surface area (Å²) >= 11 is -0.296. The van der Waals surface area contributed by atoms with Crippen LogP contribution >= 0.6 is 19.8 Å². The molecule has 0 aromatic rings. The Labute approximate surface area is 65.8 Å². The van der Waals surface area contributed by atoms with Crippen LogP contribution in [-0.2, 0) is 0 Å². The molecule has 1 aliphatic heterocycles. The first kappa shape index (κ1) is 7.83. The predicted octanol–water partition coefficient (Wildman–Crippen LogP) is 2.94. The summed E-state index contributed by atoms with van der Waals surface area (Å²) in [6, 6.07) is 0. The van der Waals surface area contributed by atoms with Crippen molar-refractivity contribution in [1.29, 1.82) is 0 Å². The molecule has 0 radical (unpaired) electrons. The van der Waals surface area contributed by atoms with Crippen LogP contribution < -0.4 is 0 Å². The molecule has 0 amide bonds. The molecule has 0 spiro atoms. The van der Waals surface area contributed by atoms with E-state index in [2.05, 4.69) is 11.9 Å². The molecule has 1 aliphatic rings. The van der Waals surface area contributed by atoms with Gasteiger partial charge in [-0.25, -0.2) is 0 Å². The second-order valence-electron chi connectivity index (χ2n) is 2.95. The Hall–Kier alpha value is 0.730. The van der Waals surface area contributed by atoms with E-state index in [9.17, 15) is 0 Å². The Morgan fingerprint density at radius 3 is 2.33 bits per heavy atom. The Kier molecular flexibility index (Phi) is 3.30. The van der Waals surface area contributed by atoms with Crippen LogP contribution in [-0.4, -0.2) is 13.8 Å². The Morgan fingerprint density at radius 2 is 1.89 bits per heavy atom. The summed E-state index contributed by atoms with van der Waals surface area (Å²) in [5, 5.41) is 0. The number of halogens is 1. The van der Waals surface area contributed by atoms with Crippen LogP contribution in [0.2, 0.25) is 0 Å². The van der Waals surface area contributed by atoms with E-state index in [4.69, 9.17) is 0 Å². The molecule has 0 nitrogen and oxygen atoms in total. The van der Waals surface area contributed by atoms with Crippen molar-refractivity contribution in [3.05, 3.63) is 0 Å². The van der Waals surface area contributed by atoms with E-state index in [0.29, 0.717) is 0 Å². The minimum atomic E-state index is -0.296. The molecule has 1 saturated heterocycles. The van der Waals surface area contributed by atoms with Crippen molar-refractivity contribution in [3.8, 4) is 0 Å². The van der Waals surface area contributed by atoms with Crippen molar-refractivity contribution < 1.29 is 0 Å². The summed E-state index contributed by atoms with van der Waals surface area (Å²) in [5.74, 6) is 1.11. The quantitative estimate of drug-likeness (QED) is 0.488. The Morgan fingerprint density at radius 1 is 1.33 bits per heavy atom. The maximum atomic E-state index is 2.54. The van der Waals surface area contributed by atoms with Crippen LogP contribution in [0, 0.1) is 5.92 Å². The summed E-state index contributed by atoms with van der Waals surface area (Å²) in [7, 11) is 0. The van der Waals surface area contributed by atoms with E-state index in [1.807, 2.05) is 0 Å². The van der Waals surface area contributed by atoms with Gasteiger partial charge in [-0.3, -0.25) is 0 Å². The molecule has 1 heteroatoms. The zero-order chi connectivity index (χ0) is 6.69. The summed E-state index contributed by atoms with van der Waals surface area (Å²) in [5.41, 5.74) is 0. The zero-order valence-corrected chi connectivity index (χ0v) is 8.65. The molecule has 0 aliphatic carbocycles. The van der Waals surface area contributed by atoms with Crippen LogP contribution in [0.5, 0.6) is 0 Å². The SMILES string of the molecule is CCC1CCI(C)CC1. The van der Waals surface area contributed by atoms with Crippen molar-refractivity contribution in [2.24, 2.45) is 5.92 Å². The van der Waals surface area contributed by atoms with E-state index < -0.39 is 0 Å². The summed E-state index contributed by atoms with van der Waals surface area (Å²) in [4.78, 5) is 2.54. The van der Waals surface area contributed by atoms with Crippen LogP contribution in [0.4, 0.5) is 0 Å². The van der Waals surface area contributed by atoms with Gasteiger partial charge in [0.15, 0.2) is 0 Å². The van der Waals surface area contributed by atoms with E-state index in [1.54, 1.807) is 21.7 Å². The first-order chi connectivity index (χ1) is 4.33. The van der Waals surface area contributed by atoms with Gasteiger partial charge >= 0.3 is 65.7 Å². The van der Waals surface area contributed by atoms with E-state index in [1.165, 1.54) is 6.42 Å². The van der Waals surface area contributed by atoms with Gasteiger partial charge < -0.3 is 0 Å². The number of alkyl halides is 3. The second-order valence-corrected chi connectivity index (χ2v) is 9.24. The average molecular weight is 240 g/mol. The van der Waals surface area contributed by atoms with Gasteiger partial charge in [0.2, 0.25) is 0 Å². The van der Waals surface area contributed by atoms with E-state index in [0.717, 1.165) is 5.92 Å². The van der Waals surface area contributed by atoms with Gasteiger partial charge in [-0.2, -0.15) is 0 Å². The molecule has 0 N–H and O–H groups in total. The summed E-state index contributed by atoms with van der Waals surface area (Å²) in [6.45, 7) is 2.34. The van der Waals surface area contributed by atoms with Gasteiger partial charge in [-0.05, 0) is 0 Å². The molecule has 0 unspecified atom stereocenters. The summed E-state index contributed by atoms with van der Waals surface area (Å²) < 4.78 is 3.28. The molecule has 0 saturated carbocycles. The van der Waals surface area contributed by atoms with Crippen molar-refractivity contribution in [2.45, 2.75) is 26.2 Å².